The predicted octanol–water partition coefficient (Wildman–Crippen LogP) is 5.23. The average Bonchev–Trinajstić information content (AvgIpc) is 2.75. The molecule has 0 saturated carbocycles. The van der Waals surface area contributed by atoms with Crippen LogP contribution in [0.1, 0.15) is 23.6 Å². The Morgan fingerprint density at radius 3 is 2.55 bits per heavy atom. The second-order valence-corrected chi connectivity index (χ2v) is 6.98. The first-order chi connectivity index (χ1) is 14.2. The number of para-hydroxylation sites is 1. The molecule has 0 fully saturated rings. The monoisotopic (exact) mass is 388 g/mol. The summed E-state index contributed by atoms with van der Waals surface area (Å²) in [6, 6.07) is 24.1. The van der Waals surface area contributed by atoms with E-state index in [1.165, 1.54) is 5.56 Å². The number of carbonyl (C=O) groups excluding carboxylic acids is 1. The smallest absolute Gasteiger partial charge is 0.243 e. The molecule has 0 aliphatic rings. The lowest BCUT2D eigenvalue weighted by Gasteiger charge is -2.14. The molecule has 4 nitrogen and oxygen atoms in total. The van der Waals surface area contributed by atoms with Gasteiger partial charge in [-0.3, -0.25) is 4.79 Å². The highest BCUT2D eigenvalue weighted by Gasteiger charge is 2.08. The van der Waals surface area contributed by atoms with E-state index < -0.39 is 0 Å². The summed E-state index contributed by atoms with van der Waals surface area (Å²) in [4.78, 5) is 12.4. The van der Waals surface area contributed by atoms with Crippen molar-refractivity contribution in [1.29, 1.82) is 0 Å². The van der Waals surface area contributed by atoms with E-state index in [4.69, 9.17) is 4.74 Å². The van der Waals surface area contributed by atoms with Gasteiger partial charge in [-0.2, -0.15) is 0 Å². The zero-order chi connectivity index (χ0) is 20.5. The molecule has 0 aliphatic heterocycles. The molecule has 4 heteroatoms. The molecule has 29 heavy (non-hydrogen) atoms. The van der Waals surface area contributed by atoms with E-state index in [9.17, 15) is 4.79 Å². The first-order valence-electron chi connectivity index (χ1n) is 10.0. The van der Waals surface area contributed by atoms with Crippen molar-refractivity contribution in [2.45, 2.75) is 26.7 Å². The topological polar surface area (TPSA) is 50.4 Å². The maximum Gasteiger partial charge on any atom is 0.243 e. The zero-order valence-electron chi connectivity index (χ0n) is 17.1. The Morgan fingerprint density at radius 2 is 1.76 bits per heavy atom. The van der Waals surface area contributed by atoms with Crippen LogP contribution in [0.2, 0.25) is 0 Å². The van der Waals surface area contributed by atoms with Gasteiger partial charge in [0.1, 0.15) is 5.75 Å². The third kappa shape index (κ3) is 6.11. The summed E-state index contributed by atoms with van der Waals surface area (Å²) in [6.07, 6.45) is 1.74. The largest absolute Gasteiger partial charge is 0.493 e. The van der Waals surface area contributed by atoms with Crippen LogP contribution in [-0.2, 0) is 17.6 Å². The summed E-state index contributed by atoms with van der Waals surface area (Å²) in [6.45, 7) is 4.91. The Labute approximate surface area is 172 Å². The fourth-order valence-electron chi connectivity index (χ4n) is 3.20. The van der Waals surface area contributed by atoms with E-state index in [2.05, 4.69) is 29.7 Å². The molecule has 0 spiro atoms. The molecule has 1 amide bonds. The van der Waals surface area contributed by atoms with Crippen LogP contribution in [0.5, 0.6) is 5.75 Å². The molecule has 2 N–H and O–H groups in total. The standard InChI is InChI=1S/C25H28N2O2/c1-3-21-12-7-9-19(2)25(21)27-24(28)18-26-22-13-8-14-23(17-22)29-16-15-20-10-5-4-6-11-20/h4-14,17,26H,3,15-16,18H2,1-2H3,(H,27,28). The summed E-state index contributed by atoms with van der Waals surface area (Å²) >= 11 is 0. The summed E-state index contributed by atoms with van der Waals surface area (Å²) in [5.74, 6) is 0.725. The Balaban J connectivity index is 1.50. The van der Waals surface area contributed by atoms with Gasteiger partial charge < -0.3 is 15.4 Å². The van der Waals surface area contributed by atoms with Gasteiger partial charge in [0.15, 0.2) is 0 Å². The number of amides is 1. The second kappa shape index (κ2) is 10.3. The maximum atomic E-state index is 12.4. The molecule has 0 radical (unpaired) electrons. The zero-order valence-corrected chi connectivity index (χ0v) is 17.1. The second-order valence-electron chi connectivity index (χ2n) is 6.98. The number of carbonyl (C=O) groups is 1. The van der Waals surface area contributed by atoms with Gasteiger partial charge in [-0.25, -0.2) is 0 Å². The molecule has 0 aliphatic carbocycles. The van der Waals surface area contributed by atoms with Crippen LogP contribution in [0.4, 0.5) is 11.4 Å². The van der Waals surface area contributed by atoms with Crippen molar-refractivity contribution in [3.05, 3.63) is 89.5 Å². The van der Waals surface area contributed by atoms with Crippen molar-refractivity contribution in [3.63, 3.8) is 0 Å². The van der Waals surface area contributed by atoms with E-state index in [0.717, 1.165) is 41.1 Å². The molecule has 0 bridgehead atoms. The van der Waals surface area contributed by atoms with E-state index >= 15 is 0 Å². The predicted molar refractivity (Wildman–Crippen MR) is 120 cm³/mol. The Bertz CT molecular complexity index is 939. The van der Waals surface area contributed by atoms with E-state index in [1.807, 2.05) is 67.6 Å². The van der Waals surface area contributed by atoms with Gasteiger partial charge >= 0.3 is 0 Å². The molecule has 0 unspecified atom stereocenters. The van der Waals surface area contributed by atoms with Crippen LogP contribution >= 0.6 is 0 Å². The molecular weight excluding hydrogens is 360 g/mol. The fourth-order valence-corrected chi connectivity index (χ4v) is 3.20. The number of aryl methyl sites for hydroxylation is 2. The van der Waals surface area contributed by atoms with E-state index in [-0.39, 0.29) is 12.5 Å². The fraction of sp³-hybridized carbons (Fsp3) is 0.240. The molecule has 0 aromatic heterocycles. The summed E-state index contributed by atoms with van der Waals surface area (Å²) in [5.41, 5.74) is 5.25. The van der Waals surface area contributed by atoms with Crippen molar-refractivity contribution in [3.8, 4) is 5.75 Å². The lowest BCUT2D eigenvalue weighted by atomic mass is 10.1. The van der Waals surface area contributed by atoms with Crippen molar-refractivity contribution in [1.82, 2.24) is 0 Å². The lowest BCUT2D eigenvalue weighted by molar-refractivity contribution is -0.114. The maximum absolute atomic E-state index is 12.4. The highest BCUT2D eigenvalue weighted by Crippen LogP contribution is 2.21. The first-order valence-corrected chi connectivity index (χ1v) is 10.0. The molecule has 0 heterocycles. The molecule has 3 aromatic rings. The first kappa shape index (κ1) is 20.5. The number of nitrogens with one attached hydrogen (secondary N) is 2. The highest BCUT2D eigenvalue weighted by atomic mass is 16.5. The van der Waals surface area contributed by atoms with Gasteiger partial charge in [0.25, 0.3) is 0 Å². The van der Waals surface area contributed by atoms with Crippen LogP contribution in [0.3, 0.4) is 0 Å². The number of rotatable bonds is 9. The third-order valence-electron chi connectivity index (χ3n) is 4.79. The number of benzene rings is 3. The minimum Gasteiger partial charge on any atom is -0.493 e. The number of hydrogen-bond donors (Lipinski definition) is 2. The number of ether oxygens (including phenoxy) is 1. The highest BCUT2D eigenvalue weighted by molar-refractivity contribution is 5.95. The van der Waals surface area contributed by atoms with Crippen molar-refractivity contribution in [2.75, 3.05) is 23.8 Å². The average molecular weight is 389 g/mol. The van der Waals surface area contributed by atoms with Gasteiger partial charge in [0.05, 0.1) is 13.2 Å². The van der Waals surface area contributed by atoms with Gasteiger partial charge in [-0.15, -0.1) is 0 Å². The minimum atomic E-state index is -0.0654. The van der Waals surface area contributed by atoms with Gasteiger partial charge in [-0.05, 0) is 42.2 Å². The quantitative estimate of drug-likeness (QED) is 0.528. The van der Waals surface area contributed by atoms with Crippen molar-refractivity contribution < 1.29 is 9.53 Å². The summed E-state index contributed by atoms with van der Waals surface area (Å²) in [7, 11) is 0. The minimum absolute atomic E-state index is 0.0654. The van der Waals surface area contributed by atoms with Crippen LogP contribution in [-0.4, -0.2) is 19.1 Å². The lowest BCUT2D eigenvalue weighted by Crippen LogP contribution is -2.22. The van der Waals surface area contributed by atoms with Crippen molar-refractivity contribution >= 4 is 17.3 Å². The number of anilines is 2. The van der Waals surface area contributed by atoms with Crippen LogP contribution in [0.15, 0.2) is 72.8 Å². The molecule has 3 aromatic carbocycles. The Hall–Kier alpha value is -3.27. The van der Waals surface area contributed by atoms with Gasteiger partial charge in [0.2, 0.25) is 5.91 Å². The Morgan fingerprint density at radius 1 is 0.966 bits per heavy atom. The molecule has 3 rings (SSSR count). The van der Waals surface area contributed by atoms with E-state index in [1.54, 1.807) is 0 Å². The van der Waals surface area contributed by atoms with E-state index in [0.29, 0.717) is 6.61 Å². The van der Waals surface area contributed by atoms with Gasteiger partial charge in [-0.1, -0.05) is 61.5 Å². The summed E-state index contributed by atoms with van der Waals surface area (Å²) in [5, 5.41) is 6.21. The molecule has 150 valence electrons. The third-order valence-corrected chi connectivity index (χ3v) is 4.79. The van der Waals surface area contributed by atoms with Crippen molar-refractivity contribution in [2.24, 2.45) is 0 Å². The van der Waals surface area contributed by atoms with Gasteiger partial charge in [0, 0.05) is 23.9 Å². The van der Waals surface area contributed by atoms with Crippen LogP contribution in [0, 0.1) is 6.92 Å². The molecule has 0 atom stereocenters. The SMILES string of the molecule is CCc1cccc(C)c1NC(=O)CNc1cccc(OCCc2ccccc2)c1. The molecular formula is C25H28N2O2. The molecule has 0 saturated heterocycles. The van der Waals surface area contributed by atoms with Crippen LogP contribution in [0.25, 0.3) is 0 Å². The van der Waals surface area contributed by atoms with Crippen LogP contribution < -0.4 is 15.4 Å². The normalized spacial score (nSPS) is 10.4. The summed E-state index contributed by atoms with van der Waals surface area (Å²) < 4.78 is 5.86. The number of hydrogen-bond acceptors (Lipinski definition) is 3. The Kier molecular flexibility index (Phi) is 7.28.